The molecular formula is C25H38N2O5. The average Bonchev–Trinajstić information content (AvgIpc) is 3.38. The van der Waals surface area contributed by atoms with Crippen LogP contribution in [-0.4, -0.2) is 59.8 Å². The van der Waals surface area contributed by atoms with E-state index < -0.39 is 17.4 Å². The number of likely N-dealkylation sites (tertiary alicyclic amines) is 1. The van der Waals surface area contributed by atoms with Crippen LogP contribution in [0.2, 0.25) is 0 Å². The van der Waals surface area contributed by atoms with Crippen molar-refractivity contribution in [3.05, 3.63) is 23.8 Å². The van der Waals surface area contributed by atoms with E-state index >= 15 is 0 Å². The van der Waals surface area contributed by atoms with Gasteiger partial charge >= 0.3 is 5.97 Å². The molecule has 0 aliphatic carbocycles. The molecular weight excluding hydrogens is 408 g/mol. The number of nitrogens with zero attached hydrogens (tertiary/aromatic N) is 2. The SMILES string of the molecule is CCCCN(CCCC)C(=O)CN1CCC(C(=O)O)C1(c1ccc2c(c1)OCO2)C(C)C. The summed E-state index contributed by atoms with van der Waals surface area (Å²) in [5, 5.41) is 10.2. The van der Waals surface area contributed by atoms with Gasteiger partial charge in [-0.3, -0.25) is 14.5 Å². The van der Waals surface area contributed by atoms with Crippen molar-refractivity contribution in [1.82, 2.24) is 9.80 Å². The van der Waals surface area contributed by atoms with Crippen molar-refractivity contribution in [1.29, 1.82) is 0 Å². The highest BCUT2D eigenvalue weighted by Gasteiger charge is 2.55. The lowest BCUT2D eigenvalue weighted by Crippen LogP contribution is -2.54. The molecule has 32 heavy (non-hydrogen) atoms. The maximum absolute atomic E-state index is 13.4. The summed E-state index contributed by atoms with van der Waals surface area (Å²) in [7, 11) is 0. The molecule has 2 unspecified atom stereocenters. The maximum Gasteiger partial charge on any atom is 0.308 e. The van der Waals surface area contributed by atoms with Crippen LogP contribution in [0.1, 0.15) is 65.4 Å². The third-order valence-corrected chi connectivity index (χ3v) is 7.00. The van der Waals surface area contributed by atoms with Crippen LogP contribution in [0.25, 0.3) is 0 Å². The van der Waals surface area contributed by atoms with Crippen LogP contribution in [0.5, 0.6) is 11.5 Å². The number of hydrogen-bond acceptors (Lipinski definition) is 5. The molecule has 0 bridgehead atoms. The van der Waals surface area contributed by atoms with Gasteiger partial charge in [0.1, 0.15) is 0 Å². The van der Waals surface area contributed by atoms with Gasteiger partial charge in [-0.1, -0.05) is 46.6 Å². The molecule has 3 rings (SSSR count). The first-order chi connectivity index (χ1) is 15.4. The van der Waals surface area contributed by atoms with E-state index in [9.17, 15) is 14.7 Å². The molecule has 0 spiro atoms. The first-order valence-electron chi connectivity index (χ1n) is 12.0. The summed E-state index contributed by atoms with van der Waals surface area (Å²) < 4.78 is 11.1. The predicted octanol–water partition coefficient (Wildman–Crippen LogP) is 4.10. The van der Waals surface area contributed by atoms with E-state index in [4.69, 9.17) is 9.47 Å². The lowest BCUT2D eigenvalue weighted by atomic mass is 9.71. The van der Waals surface area contributed by atoms with E-state index in [1.807, 2.05) is 23.1 Å². The fraction of sp³-hybridized carbons (Fsp3) is 0.680. The van der Waals surface area contributed by atoms with Crippen molar-refractivity contribution < 1.29 is 24.2 Å². The molecule has 2 aliphatic rings. The summed E-state index contributed by atoms with van der Waals surface area (Å²) in [6.45, 7) is 10.8. The van der Waals surface area contributed by atoms with Crippen molar-refractivity contribution in [3.8, 4) is 11.5 Å². The number of ether oxygens (including phenoxy) is 2. The van der Waals surface area contributed by atoms with Crippen LogP contribution in [0, 0.1) is 11.8 Å². The maximum atomic E-state index is 13.4. The molecule has 7 nitrogen and oxygen atoms in total. The highest BCUT2D eigenvalue weighted by Crippen LogP contribution is 2.50. The summed E-state index contributed by atoms with van der Waals surface area (Å²) in [5.41, 5.74) is 0.0898. The summed E-state index contributed by atoms with van der Waals surface area (Å²) in [6.07, 6.45) is 4.54. The monoisotopic (exact) mass is 446 g/mol. The summed E-state index contributed by atoms with van der Waals surface area (Å²) >= 11 is 0. The van der Waals surface area contributed by atoms with Gasteiger partial charge in [0.15, 0.2) is 11.5 Å². The number of carbonyl (C=O) groups excluding carboxylic acids is 1. The summed E-state index contributed by atoms with van der Waals surface area (Å²) in [6, 6.07) is 5.71. The number of fused-ring (bicyclic) bond motifs is 1. The smallest absolute Gasteiger partial charge is 0.308 e. The van der Waals surface area contributed by atoms with Crippen molar-refractivity contribution in [2.24, 2.45) is 11.8 Å². The molecule has 0 aromatic heterocycles. The van der Waals surface area contributed by atoms with Gasteiger partial charge < -0.3 is 19.5 Å². The molecule has 178 valence electrons. The van der Waals surface area contributed by atoms with E-state index in [1.54, 1.807) is 0 Å². The molecule has 0 saturated carbocycles. The first-order valence-corrected chi connectivity index (χ1v) is 12.0. The van der Waals surface area contributed by atoms with Gasteiger partial charge in [-0.2, -0.15) is 0 Å². The van der Waals surface area contributed by atoms with Gasteiger partial charge in [0.2, 0.25) is 12.7 Å². The number of benzene rings is 1. The predicted molar refractivity (Wildman–Crippen MR) is 123 cm³/mol. The Balaban J connectivity index is 1.96. The van der Waals surface area contributed by atoms with Gasteiger partial charge in [0.05, 0.1) is 18.0 Å². The van der Waals surface area contributed by atoms with Crippen LogP contribution in [-0.2, 0) is 15.1 Å². The Morgan fingerprint density at radius 2 is 1.81 bits per heavy atom. The van der Waals surface area contributed by atoms with Crippen LogP contribution < -0.4 is 9.47 Å². The number of carbonyl (C=O) groups is 2. The summed E-state index contributed by atoms with van der Waals surface area (Å²) in [4.78, 5) is 29.9. The number of aliphatic carboxylic acids is 1. The molecule has 1 aromatic carbocycles. The second kappa shape index (κ2) is 10.6. The van der Waals surface area contributed by atoms with Gasteiger partial charge in [0, 0.05) is 19.6 Å². The molecule has 1 fully saturated rings. The number of amides is 1. The number of rotatable bonds is 11. The minimum atomic E-state index is -0.819. The molecule has 2 atom stereocenters. The highest BCUT2D eigenvalue weighted by atomic mass is 16.7. The third-order valence-electron chi connectivity index (χ3n) is 7.00. The normalized spacial score (nSPS) is 22.5. The molecule has 2 heterocycles. The van der Waals surface area contributed by atoms with E-state index in [0.717, 1.165) is 44.3 Å². The minimum Gasteiger partial charge on any atom is -0.481 e. The van der Waals surface area contributed by atoms with Gasteiger partial charge in [-0.25, -0.2) is 0 Å². The molecule has 1 N–H and O–H groups in total. The number of unbranched alkanes of at least 4 members (excludes halogenated alkanes) is 2. The van der Waals surface area contributed by atoms with Crippen LogP contribution in [0.15, 0.2) is 18.2 Å². The average molecular weight is 447 g/mol. The molecule has 1 saturated heterocycles. The van der Waals surface area contributed by atoms with Gasteiger partial charge in [0.25, 0.3) is 0 Å². The second-order valence-corrected chi connectivity index (χ2v) is 9.24. The van der Waals surface area contributed by atoms with Crippen LogP contribution >= 0.6 is 0 Å². The molecule has 1 amide bonds. The van der Waals surface area contributed by atoms with Gasteiger partial charge in [-0.15, -0.1) is 0 Å². The number of carboxylic acids is 1. The zero-order valence-corrected chi connectivity index (χ0v) is 19.9. The Kier molecular flexibility index (Phi) is 8.04. The van der Waals surface area contributed by atoms with Crippen LogP contribution in [0.3, 0.4) is 0 Å². The van der Waals surface area contributed by atoms with Crippen molar-refractivity contribution in [2.45, 2.75) is 65.3 Å². The van der Waals surface area contributed by atoms with Crippen molar-refractivity contribution >= 4 is 11.9 Å². The van der Waals surface area contributed by atoms with E-state index in [-0.39, 0.29) is 25.2 Å². The lowest BCUT2D eigenvalue weighted by molar-refractivity contribution is -0.148. The summed E-state index contributed by atoms with van der Waals surface area (Å²) in [5.74, 6) is -0.0407. The Hall–Kier alpha value is -2.28. The van der Waals surface area contributed by atoms with Crippen molar-refractivity contribution in [3.63, 3.8) is 0 Å². The Morgan fingerprint density at radius 1 is 1.16 bits per heavy atom. The molecule has 0 radical (unpaired) electrons. The Labute approximate surface area is 191 Å². The third kappa shape index (κ3) is 4.58. The Bertz CT molecular complexity index is 804. The lowest BCUT2D eigenvalue weighted by Gasteiger charge is -2.45. The topological polar surface area (TPSA) is 79.3 Å². The minimum absolute atomic E-state index is 0.0148. The largest absolute Gasteiger partial charge is 0.481 e. The van der Waals surface area contributed by atoms with Crippen molar-refractivity contribution in [2.75, 3.05) is 33.0 Å². The highest BCUT2D eigenvalue weighted by molar-refractivity contribution is 5.79. The Morgan fingerprint density at radius 3 is 2.41 bits per heavy atom. The van der Waals surface area contributed by atoms with E-state index in [1.165, 1.54) is 0 Å². The molecule has 7 heteroatoms. The van der Waals surface area contributed by atoms with E-state index in [0.29, 0.717) is 24.5 Å². The molecule has 1 aromatic rings. The quantitative estimate of drug-likeness (QED) is 0.551. The fourth-order valence-corrected chi connectivity index (χ4v) is 5.38. The number of carboxylic acid groups (broad SMARTS) is 1. The molecule has 2 aliphatic heterocycles. The zero-order chi connectivity index (χ0) is 23.3. The van der Waals surface area contributed by atoms with Gasteiger partial charge in [-0.05, 0) is 42.9 Å². The second-order valence-electron chi connectivity index (χ2n) is 9.24. The standard InChI is InChI=1S/C25H38N2O5/c1-5-7-12-26(13-8-6-2)23(28)16-27-14-11-20(24(29)30)25(27,18(3)4)19-9-10-21-22(15-19)32-17-31-21/h9-10,15,18,20H,5-8,11-14,16-17H2,1-4H3,(H,29,30). The van der Waals surface area contributed by atoms with Crippen LogP contribution in [0.4, 0.5) is 0 Å². The zero-order valence-electron chi connectivity index (χ0n) is 19.9. The fourth-order valence-electron chi connectivity index (χ4n) is 5.38. The first kappa shape index (κ1) is 24.4. The van der Waals surface area contributed by atoms with E-state index in [2.05, 4.69) is 32.6 Å². The number of hydrogen-bond donors (Lipinski definition) is 1.